The molecule has 98 valence electrons. The molecule has 0 aliphatic rings. The quantitative estimate of drug-likeness (QED) is 0.599. The van der Waals surface area contributed by atoms with Crippen LogP contribution in [0, 0.1) is 0 Å². The van der Waals surface area contributed by atoms with Crippen LogP contribution in [0.3, 0.4) is 0 Å². The van der Waals surface area contributed by atoms with Gasteiger partial charge in [0.25, 0.3) is 0 Å². The molecule has 0 amide bonds. The van der Waals surface area contributed by atoms with Crippen molar-refractivity contribution in [3.05, 3.63) is 48.6 Å². The van der Waals surface area contributed by atoms with Crippen molar-refractivity contribution in [3.63, 3.8) is 0 Å². The highest BCUT2D eigenvalue weighted by molar-refractivity contribution is 5.78. The van der Waals surface area contributed by atoms with E-state index in [0.29, 0.717) is 6.54 Å². The summed E-state index contributed by atoms with van der Waals surface area (Å²) < 4.78 is 7.05. The van der Waals surface area contributed by atoms with Gasteiger partial charge in [-0.15, -0.1) is 0 Å². The third-order valence-corrected chi connectivity index (χ3v) is 3.21. The lowest BCUT2D eigenvalue weighted by Crippen LogP contribution is -1.95. The zero-order valence-electron chi connectivity index (χ0n) is 10.5. The van der Waals surface area contributed by atoms with Crippen LogP contribution in [0.4, 0.5) is 0 Å². The Morgan fingerprint density at radius 3 is 3.05 bits per heavy atom. The van der Waals surface area contributed by atoms with Crippen molar-refractivity contribution in [2.75, 3.05) is 0 Å². The Bertz CT molecular complexity index is 908. The monoisotopic (exact) mass is 265 g/mol. The minimum atomic E-state index is 0.405. The molecule has 3 heterocycles. The van der Waals surface area contributed by atoms with Gasteiger partial charge in [0.2, 0.25) is 0 Å². The van der Waals surface area contributed by atoms with E-state index in [1.54, 1.807) is 4.52 Å². The third kappa shape index (κ3) is 1.66. The Morgan fingerprint density at radius 1 is 1.20 bits per heavy atom. The number of nitrogens with two attached hydrogens (primary N) is 1. The minimum Gasteiger partial charge on any atom is -0.443 e. The summed E-state index contributed by atoms with van der Waals surface area (Å²) in [7, 11) is 0. The molecule has 20 heavy (non-hydrogen) atoms. The third-order valence-electron chi connectivity index (χ3n) is 3.21. The van der Waals surface area contributed by atoms with Crippen LogP contribution in [-0.2, 0) is 6.54 Å². The van der Waals surface area contributed by atoms with Gasteiger partial charge in [-0.1, -0.05) is 6.07 Å². The molecule has 0 saturated heterocycles. The summed E-state index contributed by atoms with van der Waals surface area (Å²) in [6.07, 6.45) is 3.28. The van der Waals surface area contributed by atoms with Crippen LogP contribution < -0.4 is 5.73 Å². The summed E-state index contributed by atoms with van der Waals surface area (Å²) in [4.78, 5) is 8.46. The van der Waals surface area contributed by atoms with Gasteiger partial charge in [-0.2, -0.15) is 5.10 Å². The fourth-order valence-corrected chi connectivity index (χ4v) is 2.20. The van der Waals surface area contributed by atoms with Crippen LogP contribution in [0.1, 0.15) is 5.69 Å². The van der Waals surface area contributed by atoms with Gasteiger partial charge in [-0.25, -0.2) is 14.5 Å². The van der Waals surface area contributed by atoms with E-state index in [0.717, 1.165) is 33.7 Å². The molecule has 6 nitrogen and oxygen atoms in total. The molecule has 1 aromatic carbocycles. The number of aromatic nitrogens is 4. The fraction of sp³-hybridized carbons (Fsp3) is 0.0714. The Kier molecular flexibility index (Phi) is 2.30. The Balaban J connectivity index is 1.87. The van der Waals surface area contributed by atoms with E-state index in [4.69, 9.17) is 10.2 Å². The highest BCUT2D eigenvalue weighted by Crippen LogP contribution is 2.22. The summed E-state index contributed by atoms with van der Waals surface area (Å²) in [6, 6.07) is 9.67. The van der Waals surface area contributed by atoms with E-state index < -0.39 is 0 Å². The second-order valence-electron chi connectivity index (χ2n) is 4.49. The summed E-state index contributed by atoms with van der Waals surface area (Å²) in [5, 5.41) is 4.54. The minimum absolute atomic E-state index is 0.405. The highest BCUT2D eigenvalue weighted by atomic mass is 16.3. The van der Waals surface area contributed by atoms with E-state index in [1.807, 2.05) is 36.5 Å². The van der Waals surface area contributed by atoms with Gasteiger partial charge in [0, 0.05) is 12.1 Å². The zero-order chi connectivity index (χ0) is 13.5. The molecule has 0 bridgehead atoms. The lowest BCUT2D eigenvalue weighted by molar-refractivity contribution is 0.602. The fourth-order valence-electron chi connectivity index (χ4n) is 2.20. The van der Waals surface area contributed by atoms with Crippen molar-refractivity contribution in [2.24, 2.45) is 5.73 Å². The average Bonchev–Trinajstić information content (AvgIpc) is 3.11. The molecule has 0 atom stereocenters. The van der Waals surface area contributed by atoms with E-state index in [2.05, 4.69) is 15.1 Å². The molecule has 3 aromatic heterocycles. The Labute approximate surface area is 113 Å². The van der Waals surface area contributed by atoms with Crippen LogP contribution in [0.15, 0.2) is 47.3 Å². The molecule has 0 fully saturated rings. The number of rotatable bonds is 2. The predicted molar refractivity (Wildman–Crippen MR) is 73.9 cm³/mol. The average molecular weight is 265 g/mol. The summed E-state index contributed by atoms with van der Waals surface area (Å²) in [6.45, 7) is 0.405. The number of hydrogen-bond donors (Lipinski definition) is 1. The lowest BCUT2D eigenvalue weighted by Gasteiger charge is -2.01. The van der Waals surface area contributed by atoms with Gasteiger partial charge < -0.3 is 10.2 Å². The highest BCUT2D eigenvalue weighted by Gasteiger charge is 2.06. The van der Waals surface area contributed by atoms with Gasteiger partial charge in [-0.05, 0) is 24.3 Å². The standard InChI is InChI=1S/C14H11N5O/c15-6-10-7-19-14(17-10)4-3-11(18-19)9-1-2-12-13(5-9)20-8-16-12/h1-5,7-8H,6,15H2. The van der Waals surface area contributed by atoms with Gasteiger partial charge in [-0.3, -0.25) is 0 Å². The maximum absolute atomic E-state index is 5.59. The molecule has 0 aliphatic heterocycles. The summed E-state index contributed by atoms with van der Waals surface area (Å²) in [5.74, 6) is 0. The van der Waals surface area contributed by atoms with Crippen LogP contribution in [0.2, 0.25) is 0 Å². The number of oxazole rings is 1. The van der Waals surface area contributed by atoms with Crippen molar-refractivity contribution >= 4 is 16.7 Å². The van der Waals surface area contributed by atoms with Gasteiger partial charge in [0.05, 0.1) is 17.6 Å². The maximum Gasteiger partial charge on any atom is 0.181 e. The first-order valence-corrected chi connectivity index (χ1v) is 6.22. The first-order valence-electron chi connectivity index (χ1n) is 6.22. The largest absolute Gasteiger partial charge is 0.443 e. The Hall–Kier alpha value is -2.73. The first-order chi connectivity index (χ1) is 9.83. The van der Waals surface area contributed by atoms with Crippen molar-refractivity contribution < 1.29 is 4.42 Å². The number of nitrogens with zero attached hydrogens (tertiary/aromatic N) is 4. The molecule has 0 unspecified atom stereocenters. The van der Waals surface area contributed by atoms with Crippen LogP contribution in [-0.4, -0.2) is 19.6 Å². The number of fused-ring (bicyclic) bond motifs is 2. The van der Waals surface area contributed by atoms with Gasteiger partial charge >= 0.3 is 0 Å². The molecule has 4 aromatic rings. The second-order valence-corrected chi connectivity index (χ2v) is 4.49. The zero-order valence-corrected chi connectivity index (χ0v) is 10.5. The number of benzene rings is 1. The molecule has 6 heteroatoms. The van der Waals surface area contributed by atoms with Gasteiger partial charge in [0.1, 0.15) is 5.52 Å². The Morgan fingerprint density at radius 2 is 2.15 bits per heavy atom. The number of imidazole rings is 1. The predicted octanol–water partition coefficient (Wildman–Crippen LogP) is 2.00. The van der Waals surface area contributed by atoms with Crippen molar-refractivity contribution in [2.45, 2.75) is 6.54 Å². The van der Waals surface area contributed by atoms with Crippen molar-refractivity contribution in [1.29, 1.82) is 0 Å². The van der Waals surface area contributed by atoms with E-state index >= 15 is 0 Å². The SMILES string of the molecule is NCc1cn2nc(-c3ccc4ncoc4c3)ccc2n1. The molecule has 4 rings (SSSR count). The molecule has 0 radical (unpaired) electrons. The van der Waals surface area contributed by atoms with Crippen molar-refractivity contribution in [3.8, 4) is 11.3 Å². The van der Waals surface area contributed by atoms with Crippen LogP contribution >= 0.6 is 0 Å². The molecule has 0 aliphatic carbocycles. The molecule has 0 saturated carbocycles. The molecular weight excluding hydrogens is 254 g/mol. The lowest BCUT2D eigenvalue weighted by atomic mass is 10.1. The summed E-state index contributed by atoms with van der Waals surface area (Å²) in [5.41, 5.74) is 10.6. The normalized spacial score (nSPS) is 11.4. The van der Waals surface area contributed by atoms with E-state index in [9.17, 15) is 0 Å². The molecule has 2 N–H and O–H groups in total. The molecule has 0 spiro atoms. The number of hydrogen-bond acceptors (Lipinski definition) is 5. The van der Waals surface area contributed by atoms with E-state index in [-0.39, 0.29) is 0 Å². The van der Waals surface area contributed by atoms with Crippen molar-refractivity contribution in [1.82, 2.24) is 19.6 Å². The van der Waals surface area contributed by atoms with E-state index in [1.165, 1.54) is 6.39 Å². The van der Waals surface area contributed by atoms with Crippen LogP contribution in [0.5, 0.6) is 0 Å². The summed E-state index contributed by atoms with van der Waals surface area (Å²) >= 11 is 0. The first kappa shape index (κ1) is 11.1. The topological polar surface area (TPSA) is 82.2 Å². The smallest absolute Gasteiger partial charge is 0.181 e. The molecular formula is C14H11N5O. The second kappa shape index (κ2) is 4.14. The van der Waals surface area contributed by atoms with Crippen LogP contribution in [0.25, 0.3) is 28.0 Å². The van der Waals surface area contributed by atoms with Gasteiger partial charge in [0.15, 0.2) is 17.6 Å². The maximum atomic E-state index is 5.59.